The van der Waals surface area contributed by atoms with Crippen LogP contribution in [0, 0.1) is 0 Å². The number of amides is 2. The van der Waals surface area contributed by atoms with Crippen molar-refractivity contribution in [3.05, 3.63) is 23.2 Å². The van der Waals surface area contributed by atoms with Crippen LogP contribution in [0.25, 0.3) is 0 Å². The maximum atomic E-state index is 11.7. The Bertz CT molecular complexity index is 403. The molecular formula is C11H13ClN2O2. The molecule has 2 N–H and O–H groups in total. The molecule has 4 nitrogen and oxygen atoms in total. The van der Waals surface area contributed by atoms with Gasteiger partial charge >= 0.3 is 6.03 Å². The zero-order valence-electron chi connectivity index (χ0n) is 8.74. The number of phenols is 1. The second-order valence-corrected chi connectivity index (χ2v) is 4.20. The van der Waals surface area contributed by atoms with Gasteiger partial charge in [0.1, 0.15) is 5.75 Å². The first kappa shape index (κ1) is 11.1. The number of rotatable bonds is 1. The summed E-state index contributed by atoms with van der Waals surface area (Å²) in [7, 11) is 0. The predicted molar refractivity (Wildman–Crippen MR) is 62.9 cm³/mol. The van der Waals surface area contributed by atoms with E-state index in [9.17, 15) is 9.90 Å². The highest BCUT2D eigenvalue weighted by Crippen LogP contribution is 2.26. The molecule has 1 aliphatic rings. The van der Waals surface area contributed by atoms with Crippen molar-refractivity contribution in [1.82, 2.24) is 4.90 Å². The van der Waals surface area contributed by atoms with Crippen LogP contribution in [0.5, 0.6) is 5.75 Å². The number of aromatic hydroxyl groups is 1. The number of carbonyl (C=O) groups is 1. The summed E-state index contributed by atoms with van der Waals surface area (Å²) in [6, 6.07) is 4.35. The van der Waals surface area contributed by atoms with E-state index in [1.807, 2.05) is 0 Å². The molecule has 0 aliphatic carbocycles. The molecule has 16 heavy (non-hydrogen) atoms. The van der Waals surface area contributed by atoms with Gasteiger partial charge in [0.15, 0.2) is 0 Å². The molecular weight excluding hydrogens is 228 g/mol. The third kappa shape index (κ3) is 2.39. The molecule has 1 aromatic rings. The summed E-state index contributed by atoms with van der Waals surface area (Å²) < 4.78 is 0. The van der Waals surface area contributed by atoms with Gasteiger partial charge in [0.25, 0.3) is 0 Å². The molecule has 86 valence electrons. The number of likely N-dealkylation sites (tertiary alicyclic amines) is 1. The van der Waals surface area contributed by atoms with Crippen LogP contribution in [0.1, 0.15) is 12.8 Å². The first-order valence-electron chi connectivity index (χ1n) is 5.21. The highest BCUT2D eigenvalue weighted by Gasteiger charge is 2.18. The van der Waals surface area contributed by atoms with Gasteiger partial charge in [0.2, 0.25) is 0 Å². The molecule has 1 aliphatic heterocycles. The van der Waals surface area contributed by atoms with Gasteiger partial charge in [-0.15, -0.1) is 0 Å². The minimum absolute atomic E-state index is 0.0872. The number of nitrogens with one attached hydrogen (secondary N) is 1. The van der Waals surface area contributed by atoms with Crippen LogP contribution >= 0.6 is 11.6 Å². The largest absolute Gasteiger partial charge is 0.508 e. The Balaban J connectivity index is 2.05. The van der Waals surface area contributed by atoms with Crippen molar-refractivity contribution in [2.75, 3.05) is 18.4 Å². The summed E-state index contributed by atoms with van der Waals surface area (Å²) in [5, 5.41) is 12.2. The number of urea groups is 1. The van der Waals surface area contributed by atoms with Crippen LogP contribution in [0.3, 0.4) is 0 Å². The highest BCUT2D eigenvalue weighted by atomic mass is 35.5. The Kier molecular flexibility index (Phi) is 3.19. The van der Waals surface area contributed by atoms with Crippen molar-refractivity contribution in [3.63, 3.8) is 0 Å². The predicted octanol–water partition coefficient (Wildman–Crippen LogP) is 2.67. The number of nitrogens with zero attached hydrogens (tertiary/aromatic N) is 1. The van der Waals surface area contributed by atoms with E-state index >= 15 is 0 Å². The maximum Gasteiger partial charge on any atom is 0.321 e. The van der Waals surface area contributed by atoms with Crippen LogP contribution in [-0.4, -0.2) is 29.1 Å². The molecule has 1 heterocycles. The number of halogens is 1. The molecule has 2 amide bonds. The topological polar surface area (TPSA) is 52.6 Å². The second kappa shape index (κ2) is 4.61. The van der Waals surface area contributed by atoms with E-state index in [1.54, 1.807) is 11.0 Å². The molecule has 2 rings (SSSR count). The Morgan fingerprint density at radius 3 is 2.69 bits per heavy atom. The number of anilines is 1. The molecule has 0 atom stereocenters. The lowest BCUT2D eigenvalue weighted by atomic mass is 10.3. The van der Waals surface area contributed by atoms with Crippen molar-refractivity contribution in [1.29, 1.82) is 0 Å². The molecule has 1 saturated heterocycles. The van der Waals surface area contributed by atoms with Gasteiger partial charge in [-0.3, -0.25) is 0 Å². The maximum absolute atomic E-state index is 11.7. The van der Waals surface area contributed by atoms with E-state index in [1.165, 1.54) is 12.1 Å². The molecule has 0 spiro atoms. The molecule has 0 aromatic heterocycles. The monoisotopic (exact) mass is 240 g/mol. The van der Waals surface area contributed by atoms with Crippen molar-refractivity contribution < 1.29 is 9.90 Å². The standard InChI is InChI=1S/C11H13ClN2O2/c12-9-7-8(15)3-4-10(9)13-11(16)14-5-1-2-6-14/h3-4,7,15H,1-2,5-6H2,(H,13,16). The fourth-order valence-corrected chi connectivity index (χ4v) is 1.94. The van der Waals surface area contributed by atoms with Gasteiger partial charge in [-0.2, -0.15) is 0 Å². The quantitative estimate of drug-likeness (QED) is 0.742. The molecule has 0 radical (unpaired) electrons. The summed E-state index contributed by atoms with van der Waals surface area (Å²) in [6.45, 7) is 1.59. The SMILES string of the molecule is O=C(Nc1ccc(O)cc1Cl)N1CCCC1. The molecule has 0 bridgehead atoms. The summed E-state index contributed by atoms with van der Waals surface area (Å²) >= 11 is 5.89. The van der Waals surface area contributed by atoms with Crippen LogP contribution in [0.15, 0.2) is 18.2 Å². The Hall–Kier alpha value is -1.42. The summed E-state index contributed by atoms with van der Waals surface area (Å²) in [5.74, 6) is 0.0872. The first-order valence-corrected chi connectivity index (χ1v) is 5.59. The van der Waals surface area contributed by atoms with E-state index < -0.39 is 0 Å². The number of carbonyl (C=O) groups excluding carboxylic acids is 1. The van der Waals surface area contributed by atoms with E-state index in [4.69, 9.17) is 11.6 Å². The lowest BCUT2D eigenvalue weighted by molar-refractivity contribution is 0.222. The van der Waals surface area contributed by atoms with Crippen molar-refractivity contribution in [3.8, 4) is 5.75 Å². The molecule has 1 aromatic carbocycles. The highest BCUT2D eigenvalue weighted by molar-refractivity contribution is 6.33. The summed E-state index contributed by atoms with van der Waals surface area (Å²) in [6.07, 6.45) is 2.10. The zero-order valence-corrected chi connectivity index (χ0v) is 9.50. The van der Waals surface area contributed by atoms with E-state index in [0.717, 1.165) is 25.9 Å². The fraction of sp³-hybridized carbons (Fsp3) is 0.364. The molecule has 0 saturated carbocycles. The van der Waals surface area contributed by atoms with E-state index in [2.05, 4.69) is 5.32 Å². The van der Waals surface area contributed by atoms with Crippen molar-refractivity contribution in [2.45, 2.75) is 12.8 Å². The number of hydrogen-bond donors (Lipinski definition) is 2. The van der Waals surface area contributed by atoms with E-state index in [0.29, 0.717) is 10.7 Å². The van der Waals surface area contributed by atoms with Gasteiger partial charge in [0, 0.05) is 19.2 Å². The van der Waals surface area contributed by atoms with E-state index in [-0.39, 0.29) is 11.8 Å². The Morgan fingerprint density at radius 2 is 2.06 bits per heavy atom. The zero-order chi connectivity index (χ0) is 11.5. The average molecular weight is 241 g/mol. The van der Waals surface area contributed by atoms with Gasteiger partial charge in [0.05, 0.1) is 10.7 Å². The Morgan fingerprint density at radius 1 is 1.38 bits per heavy atom. The third-order valence-corrected chi connectivity index (χ3v) is 2.90. The second-order valence-electron chi connectivity index (χ2n) is 3.79. The smallest absolute Gasteiger partial charge is 0.321 e. The normalized spacial score (nSPS) is 15.2. The third-order valence-electron chi connectivity index (χ3n) is 2.59. The van der Waals surface area contributed by atoms with Gasteiger partial charge in [-0.25, -0.2) is 4.79 Å². The minimum atomic E-state index is -0.134. The number of benzene rings is 1. The average Bonchev–Trinajstić information content (AvgIpc) is 2.75. The lowest BCUT2D eigenvalue weighted by Gasteiger charge is -2.16. The minimum Gasteiger partial charge on any atom is -0.508 e. The number of phenolic OH excluding ortho intramolecular Hbond substituents is 1. The van der Waals surface area contributed by atoms with Crippen molar-refractivity contribution >= 4 is 23.3 Å². The van der Waals surface area contributed by atoms with Crippen molar-refractivity contribution in [2.24, 2.45) is 0 Å². The van der Waals surface area contributed by atoms with Gasteiger partial charge in [-0.05, 0) is 25.0 Å². The van der Waals surface area contributed by atoms with Gasteiger partial charge in [-0.1, -0.05) is 11.6 Å². The molecule has 1 fully saturated rings. The van der Waals surface area contributed by atoms with Crippen LogP contribution in [0.2, 0.25) is 5.02 Å². The fourth-order valence-electron chi connectivity index (χ4n) is 1.72. The first-order chi connectivity index (χ1) is 7.66. The Labute approximate surface area is 98.8 Å². The van der Waals surface area contributed by atoms with Crippen LogP contribution < -0.4 is 5.32 Å². The van der Waals surface area contributed by atoms with Gasteiger partial charge < -0.3 is 15.3 Å². The molecule has 5 heteroatoms. The lowest BCUT2D eigenvalue weighted by Crippen LogP contribution is -2.32. The van der Waals surface area contributed by atoms with Crippen LogP contribution in [-0.2, 0) is 0 Å². The summed E-state index contributed by atoms with van der Waals surface area (Å²) in [5.41, 5.74) is 0.524. The number of hydrogen-bond acceptors (Lipinski definition) is 2. The van der Waals surface area contributed by atoms with Crippen LogP contribution in [0.4, 0.5) is 10.5 Å². The molecule has 0 unspecified atom stereocenters. The summed E-state index contributed by atoms with van der Waals surface area (Å²) in [4.78, 5) is 13.5.